The maximum absolute atomic E-state index is 12.6. The van der Waals surface area contributed by atoms with E-state index in [1.807, 2.05) is 25.1 Å². The van der Waals surface area contributed by atoms with Gasteiger partial charge in [-0.2, -0.15) is 0 Å². The molecule has 7 nitrogen and oxygen atoms in total. The molecule has 1 aromatic rings. The fourth-order valence-electron chi connectivity index (χ4n) is 3.11. The second-order valence-electron chi connectivity index (χ2n) is 6.41. The largest absolute Gasteiger partial charge is 0.329 e. The summed E-state index contributed by atoms with van der Waals surface area (Å²) >= 11 is 0. The van der Waals surface area contributed by atoms with Crippen molar-refractivity contribution in [3.8, 4) is 0 Å². The van der Waals surface area contributed by atoms with Crippen molar-refractivity contribution < 1.29 is 14.4 Å². The van der Waals surface area contributed by atoms with Gasteiger partial charge in [0.05, 0.1) is 0 Å². The number of hydrogen-bond acceptors (Lipinski definition) is 5. The van der Waals surface area contributed by atoms with Gasteiger partial charge in [-0.05, 0) is 30.5 Å². The second-order valence-corrected chi connectivity index (χ2v) is 6.41. The van der Waals surface area contributed by atoms with E-state index in [-0.39, 0.29) is 30.2 Å². The molecule has 24 heavy (non-hydrogen) atoms. The van der Waals surface area contributed by atoms with Crippen LogP contribution in [0, 0.1) is 0 Å². The van der Waals surface area contributed by atoms with Gasteiger partial charge in [0.2, 0.25) is 11.8 Å². The van der Waals surface area contributed by atoms with E-state index in [9.17, 15) is 14.4 Å². The zero-order valence-corrected chi connectivity index (χ0v) is 13.7. The van der Waals surface area contributed by atoms with E-state index in [0.29, 0.717) is 31.6 Å². The number of nitrogens with zero attached hydrogens (tertiary/aromatic N) is 1. The number of nitrogens with two attached hydrogens (primary N) is 1. The molecule has 4 N–H and O–H groups in total. The number of carbonyl (C=O) groups excluding carboxylic acids is 3. The fourth-order valence-corrected chi connectivity index (χ4v) is 3.11. The molecule has 1 unspecified atom stereocenters. The molecule has 0 aromatic heterocycles. The minimum Gasteiger partial charge on any atom is -0.329 e. The standard InChI is InChI=1S/C17H22N4O3/c1-10(7-18)19-8-11-2-3-13-12(6-11)9-21(17(13)24)14-4-5-15(22)20-16(14)23/h2-3,6,10,14,19H,4-5,7-9,18H2,1H3,(H,20,22,23)/t10-,14?/m1/s1. The van der Waals surface area contributed by atoms with E-state index in [1.165, 1.54) is 0 Å². The van der Waals surface area contributed by atoms with Gasteiger partial charge in [0.1, 0.15) is 6.04 Å². The van der Waals surface area contributed by atoms with Gasteiger partial charge in [0, 0.05) is 37.7 Å². The smallest absolute Gasteiger partial charge is 0.255 e. The monoisotopic (exact) mass is 330 g/mol. The Balaban J connectivity index is 1.73. The van der Waals surface area contributed by atoms with E-state index in [0.717, 1.165) is 11.1 Å². The predicted octanol–water partition coefficient (Wildman–Crippen LogP) is -0.116. The molecule has 2 heterocycles. The van der Waals surface area contributed by atoms with E-state index >= 15 is 0 Å². The summed E-state index contributed by atoms with van der Waals surface area (Å²) in [4.78, 5) is 37.4. The number of piperidine rings is 1. The quantitative estimate of drug-likeness (QED) is 0.653. The minimum atomic E-state index is -0.568. The summed E-state index contributed by atoms with van der Waals surface area (Å²) in [7, 11) is 0. The first-order valence-electron chi connectivity index (χ1n) is 8.19. The first-order valence-corrected chi connectivity index (χ1v) is 8.19. The summed E-state index contributed by atoms with van der Waals surface area (Å²) in [6.45, 7) is 3.66. The maximum atomic E-state index is 12.6. The lowest BCUT2D eigenvalue weighted by Crippen LogP contribution is -2.52. The van der Waals surface area contributed by atoms with Crippen LogP contribution >= 0.6 is 0 Å². The van der Waals surface area contributed by atoms with E-state index in [2.05, 4.69) is 10.6 Å². The molecule has 3 rings (SSSR count). The molecule has 0 saturated carbocycles. The van der Waals surface area contributed by atoms with Crippen molar-refractivity contribution in [1.82, 2.24) is 15.5 Å². The van der Waals surface area contributed by atoms with Crippen molar-refractivity contribution in [2.24, 2.45) is 5.73 Å². The Bertz CT molecular complexity index is 688. The maximum Gasteiger partial charge on any atom is 0.255 e. The third-order valence-corrected chi connectivity index (χ3v) is 4.60. The fraction of sp³-hybridized carbons (Fsp3) is 0.471. The SMILES string of the molecule is C[C@H](CN)NCc1ccc2c(c1)CN(C1CCC(=O)NC1=O)C2=O. The summed E-state index contributed by atoms with van der Waals surface area (Å²) in [5.41, 5.74) is 8.22. The lowest BCUT2D eigenvalue weighted by atomic mass is 10.0. The third kappa shape index (κ3) is 3.18. The average Bonchev–Trinajstić information content (AvgIpc) is 2.89. The number of nitrogens with one attached hydrogen (secondary N) is 2. The molecular weight excluding hydrogens is 308 g/mol. The summed E-state index contributed by atoms with van der Waals surface area (Å²) in [6.07, 6.45) is 0.648. The highest BCUT2D eigenvalue weighted by Gasteiger charge is 2.38. The zero-order valence-electron chi connectivity index (χ0n) is 13.7. The minimum absolute atomic E-state index is 0.144. The molecular formula is C17H22N4O3. The van der Waals surface area contributed by atoms with Crippen LogP contribution in [0.15, 0.2) is 18.2 Å². The van der Waals surface area contributed by atoms with Crippen molar-refractivity contribution in [1.29, 1.82) is 0 Å². The first-order chi connectivity index (χ1) is 11.5. The van der Waals surface area contributed by atoms with E-state index in [4.69, 9.17) is 5.73 Å². The summed E-state index contributed by atoms with van der Waals surface area (Å²) in [5, 5.41) is 5.62. The normalized spacial score (nSPS) is 21.7. The highest BCUT2D eigenvalue weighted by Crippen LogP contribution is 2.28. The Labute approximate surface area is 140 Å². The highest BCUT2D eigenvalue weighted by molar-refractivity contribution is 6.05. The molecule has 1 fully saturated rings. The Morgan fingerprint density at radius 3 is 2.88 bits per heavy atom. The molecule has 2 atom stereocenters. The van der Waals surface area contributed by atoms with Crippen LogP contribution in [0.4, 0.5) is 0 Å². The molecule has 2 aliphatic rings. The molecule has 2 aliphatic heterocycles. The molecule has 3 amide bonds. The van der Waals surface area contributed by atoms with Gasteiger partial charge in [-0.25, -0.2) is 0 Å². The Kier molecular flexibility index (Phi) is 4.64. The molecule has 128 valence electrons. The van der Waals surface area contributed by atoms with Crippen molar-refractivity contribution in [2.45, 2.75) is 44.9 Å². The van der Waals surface area contributed by atoms with Gasteiger partial charge in [-0.1, -0.05) is 12.1 Å². The number of carbonyl (C=O) groups is 3. The van der Waals surface area contributed by atoms with Crippen molar-refractivity contribution >= 4 is 17.7 Å². The lowest BCUT2D eigenvalue weighted by molar-refractivity contribution is -0.136. The van der Waals surface area contributed by atoms with Crippen molar-refractivity contribution in [3.63, 3.8) is 0 Å². The van der Waals surface area contributed by atoms with Crippen LogP contribution in [0.1, 0.15) is 41.3 Å². The van der Waals surface area contributed by atoms with E-state index in [1.54, 1.807) is 4.90 Å². The molecule has 0 spiro atoms. The third-order valence-electron chi connectivity index (χ3n) is 4.60. The van der Waals surface area contributed by atoms with Crippen LogP contribution in [0.2, 0.25) is 0 Å². The number of fused-ring (bicyclic) bond motifs is 1. The van der Waals surface area contributed by atoms with Crippen LogP contribution in [-0.4, -0.2) is 41.2 Å². The molecule has 0 radical (unpaired) electrons. The van der Waals surface area contributed by atoms with Crippen LogP contribution in [0.25, 0.3) is 0 Å². The topological polar surface area (TPSA) is 105 Å². The van der Waals surface area contributed by atoms with Gasteiger partial charge < -0.3 is 16.0 Å². The van der Waals surface area contributed by atoms with Gasteiger partial charge in [0.25, 0.3) is 5.91 Å². The van der Waals surface area contributed by atoms with Crippen molar-refractivity contribution in [2.75, 3.05) is 6.54 Å². The van der Waals surface area contributed by atoms with Crippen LogP contribution < -0.4 is 16.4 Å². The number of rotatable bonds is 5. The first kappa shape index (κ1) is 16.6. The highest BCUT2D eigenvalue weighted by atomic mass is 16.2. The molecule has 7 heteroatoms. The van der Waals surface area contributed by atoms with E-state index < -0.39 is 6.04 Å². The van der Waals surface area contributed by atoms with Crippen LogP contribution in [0.5, 0.6) is 0 Å². The van der Waals surface area contributed by atoms with Crippen LogP contribution in [-0.2, 0) is 22.7 Å². The number of benzene rings is 1. The lowest BCUT2D eigenvalue weighted by Gasteiger charge is -2.29. The zero-order chi connectivity index (χ0) is 17.3. The summed E-state index contributed by atoms with van der Waals surface area (Å²) in [6, 6.07) is 5.38. The van der Waals surface area contributed by atoms with Gasteiger partial charge in [-0.3, -0.25) is 19.7 Å². The van der Waals surface area contributed by atoms with Gasteiger partial charge in [0.15, 0.2) is 0 Å². The number of amides is 3. The van der Waals surface area contributed by atoms with Crippen LogP contribution in [0.3, 0.4) is 0 Å². The van der Waals surface area contributed by atoms with Gasteiger partial charge >= 0.3 is 0 Å². The Morgan fingerprint density at radius 1 is 1.38 bits per heavy atom. The summed E-state index contributed by atoms with van der Waals surface area (Å²) in [5.74, 6) is -0.803. The molecule has 0 aliphatic carbocycles. The molecule has 0 bridgehead atoms. The predicted molar refractivity (Wildman–Crippen MR) is 87.8 cm³/mol. The molecule has 1 saturated heterocycles. The Morgan fingerprint density at radius 2 is 2.17 bits per heavy atom. The number of hydrogen-bond donors (Lipinski definition) is 3. The molecule has 1 aromatic carbocycles. The van der Waals surface area contributed by atoms with Crippen molar-refractivity contribution in [3.05, 3.63) is 34.9 Å². The summed E-state index contributed by atoms with van der Waals surface area (Å²) < 4.78 is 0. The number of imide groups is 1. The Hall–Kier alpha value is -2.25. The average molecular weight is 330 g/mol. The van der Waals surface area contributed by atoms with Gasteiger partial charge in [-0.15, -0.1) is 0 Å². The second kappa shape index (κ2) is 6.70.